The van der Waals surface area contributed by atoms with E-state index in [0.717, 1.165) is 11.5 Å². The summed E-state index contributed by atoms with van der Waals surface area (Å²) in [5, 5.41) is 0. The number of Topliss-reactive ketones (excluding diaryl/α,β-unsaturated/α-hetero) is 1. The molecule has 0 aromatic rings. The molecular formula is C14H22N2O4S. The first kappa shape index (κ1) is 16.1. The van der Waals surface area contributed by atoms with Crippen molar-refractivity contribution >= 4 is 29.5 Å². The van der Waals surface area contributed by atoms with Gasteiger partial charge in [-0.05, 0) is 20.8 Å². The minimum atomic E-state index is -0.699. The summed E-state index contributed by atoms with van der Waals surface area (Å²) >= 11 is 1.81. The predicted molar refractivity (Wildman–Crippen MR) is 80.3 cm³/mol. The van der Waals surface area contributed by atoms with Crippen molar-refractivity contribution in [3.05, 3.63) is 0 Å². The number of thioether (sulfide) groups is 1. The van der Waals surface area contributed by atoms with Crippen molar-refractivity contribution in [2.45, 2.75) is 38.8 Å². The minimum Gasteiger partial charge on any atom is -0.444 e. The maximum atomic E-state index is 12.5. The summed E-state index contributed by atoms with van der Waals surface area (Å²) in [6.07, 6.45) is -0.486. The number of hydrogen-bond acceptors (Lipinski definition) is 5. The van der Waals surface area contributed by atoms with Crippen LogP contribution in [-0.4, -0.2) is 70.4 Å². The number of amides is 2. The molecule has 7 heteroatoms. The molecule has 2 amide bonds. The molecular weight excluding hydrogens is 292 g/mol. The summed E-state index contributed by atoms with van der Waals surface area (Å²) in [7, 11) is 0. The van der Waals surface area contributed by atoms with E-state index in [1.807, 2.05) is 11.8 Å². The number of hydrogen-bond donors (Lipinski definition) is 0. The lowest BCUT2D eigenvalue weighted by molar-refractivity contribution is -0.135. The maximum Gasteiger partial charge on any atom is 0.411 e. The molecule has 0 spiro atoms. The van der Waals surface area contributed by atoms with Crippen molar-refractivity contribution in [1.29, 1.82) is 0 Å². The van der Waals surface area contributed by atoms with Crippen molar-refractivity contribution in [2.24, 2.45) is 0 Å². The molecule has 118 valence electrons. The van der Waals surface area contributed by atoms with E-state index in [0.29, 0.717) is 13.1 Å². The topological polar surface area (TPSA) is 66.9 Å². The smallest absolute Gasteiger partial charge is 0.411 e. The predicted octanol–water partition coefficient (Wildman–Crippen LogP) is 1.14. The van der Waals surface area contributed by atoms with Gasteiger partial charge in [0.2, 0.25) is 5.91 Å². The molecule has 21 heavy (non-hydrogen) atoms. The Morgan fingerprint density at radius 2 is 1.86 bits per heavy atom. The molecule has 2 heterocycles. The highest BCUT2D eigenvalue weighted by Crippen LogP contribution is 2.22. The summed E-state index contributed by atoms with van der Waals surface area (Å²) in [5.74, 6) is 1.58. The molecule has 2 aliphatic heterocycles. The summed E-state index contributed by atoms with van der Waals surface area (Å²) in [6, 6.07) is -0.699. The zero-order valence-corrected chi connectivity index (χ0v) is 13.6. The quantitative estimate of drug-likeness (QED) is 0.726. The Bertz CT molecular complexity index is 441. The maximum absolute atomic E-state index is 12.5. The largest absolute Gasteiger partial charge is 0.444 e. The molecule has 0 N–H and O–H groups in total. The fourth-order valence-electron chi connectivity index (χ4n) is 2.42. The standard InChI is InChI=1S/C14H22N2O4S/c1-14(2,3)20-13(19)16-9-10(17)8-11(16)12(18)15-4-6-21-7-5-15/h11H,4-9H2,1-3H3/t11-/m0/s1. The Morgan fingerprint density at radius 3 is 2.43 bits per heavy atom. The van der Waals surface area contributed by atoms with E-state index in [-0.39, 0.29) is 24.7 Å². The number of ketones is 1. The van der Waals surface area contributed by atoms with E-state index in [1.165, 1.54) is 4.90 Å². The van der Waals surface area contributed by atoms with Gasteiger partial charge in [0, 0.05) is 31.0 Å². The molecule has 2 saturated heterocycles. The Hall–Kier alpha value is -1.24. The summed E-state index contributed by atoms with van der Waals surface area (Å²) in [4.78, 5) is 39.4. The SMILES string of the molecule is CC(C)(C)OC(=O)N1CC(=O)C[C@H]1C(=O)N1CCSCC1. The van der Waals surface area contributed by atoms with E-state index < -0.39 is 17.7 Å². The normalized spacial score (nSPS) is 23.4. The van der Waals surface area contributed by atoms with Crippen LogP contribution in [0.5, 0.6) is 0 Å². The average molecular weight is 314 g/mol. The van der Waals surface area contributed by atoms with Gasteiger partial charge in [-0.25, -0.2) is 4.79 Å². The first-order chi connectivity index (χ1) is 9.78. The molecule has 0 saturated carbocycles. The van der Waals surface area contributed by atoms with Gasteiger partial charge in [0.05, 0.1) is 6.54 Å². The number of likely N-dealkylation sites (tertiary alicyclic amines) is 1. The van der Waals surface area contributed by atoms with Gasteiger partial charge in [0.1, 0.15) is 11.6 Å². The van der Waals surface area contributed by atoms with E-state index in [4.69, 9.17) is 4.74 Å². The molecule has 0 aliphatic carbocycles. The lowest BCUT2D eigenvalue weighted by atomic mass is 10.2. The van der Waals surface area contributed by atoms with Crippen LogP contribution in [0.3, 0.4) is 0 Å². The highest BCUT2D eigenvalue weighted by molar-refractivity contribution is 7.99. The molecule has 0 unspecified atom stereocenters. The monoisotopic (exact) mass is 314 g/mol. The zero-order valence-electron chi connectivity index (χ0n) is 12.8. The molecule has 6 nitrogen and oxygen atoms in total. The fraction of sp³-hybridized carbons (Fsp3) is 0.786. The number of carbonyl (C=O) groups is 3. The Balaban J connectivity index is 2.07. The van der Waals surface area contributed by atoms with Crippen LogP contribution in [0.15, 0.2) is 0 Å². The highest BCUT2D eigenvalue weighted by Gasteiger charge is 2.42. The van der Waals surface area contributed by atoms with Gasteiger partial charge in [0.15, 0.2) is 5.78 Å². The van der Waals surface area contributed by atoms with Crippen LogP contribution >= 0.6 is 11.8 Å². The fourth-order valence-corrected chi connectivity index (χ4v) is 3.32. The lowest BCUT2D eigenvalue weighted by Crippen LogP contribution is -2.50. The van der Waals surface area contributed by atoms with Gasteiger partial charge in [-0.15, -0.1) is 0 Å². The van der Waals surface area contributed by atoms with E-state index >= 15 is 0 Å². The average Bonchev–Trinajstić information content (AvgIpc) is 2.79. The van der Waals surface area contributed by atoms with Crippen LogP contribution in [-0.2, 0) is 14.3 Å². The molecule has 1 atom stereocenters. The van der Waals surface area contributed by atoms with Crippen LogP contribution in [0, 0.1) is 0 Å². The van der Waals surface area contributed by atoms with E-state index in [2.05, 4.69) is 0 Å². The minimum absolute atomic E-state index is 0.0338. The molecule has 2 rings (SSSR count). The molecule has 2 fully saturated rings. The van der Waals surface area contributed by atoms with Crippen LogP contribution in [0.1, 0.15) is 27.2 Å². The van der Waals surface area contributed by atoms with Crippen molar-refractivity contribution in [1.82, 2.24) is 9.80 Å². The second kappa shape index (κ2) is 6.25. The van der Waals surface area contributed by atoms with Crippen molar-refractivity contribution in [3.8, 4) is 0 Å². The Morgan fingerprint density at radius 1 is 1.24 bits per heavy atom. The van der Waals surface area contributed by atoms with Gasteiger partial charge >= 0.3 is 6.09 Å². The van der Waals surface area contributed by atoms with Crippen molar-refractivity contribution < 1.29 is 19.1 Å². The highest BCUT2D eigenvalue weighted by atomic mass is 32.2. The summed E-state index contributed by atoms with van der Waals surface area (Å²) < 4.78 is 5.30. The second-order valence-electron chi connectivity index (χ2n) is 6.30. The first-order valence-electron chi connectivity index (χ1n) is 7.16. The zero-order chi connectivity index (χ0) is 15.6. The number of nitrogens with zero attached hydrogens (tertiary/aromatic N) is 2. The third kappa shape index (κ3) is 4.12. The third-order valence-corrected chi connectivity index (χ3v) is 4.32. The molecule has 0 radical (unpaired) electrons. The Kier molecular flexibility index (Phi) is 4.81. The van der Waals surface area contributed by atoms with Gasteiger partial charge < -0.3 is 9.64 Å². The van der Waals surface area contributed by atoms with Crippen molar-refractivity contribution in [2.75, 3.05) is 31.1 Å². The van der Waals surface area contributed by atoms with Gasteiger partial charge in [-0.1, -0.05) is 0 Å². The van der Waals surface area contributed by atoms with Crippen LogP contribution in [0.2, 0.25) is 0 Å². The van der Waals surface area contributed by atoms with Crippen LogP contribution in [0.4, 0.5) is 4.79 Å². The molecule has 0 bridgehead atoms. The number of carbonyl (C=O) groups excluding carboxylic acids is 3. The van der Waals surface area contributed by atoms with E-state index in [9.17, 15) is 14.4 Å². The second-order valence-corrected chi connectivity index (χ2v) is 7.53. The van der Waals surface area contributed by atoms with Crippen molar-refractivity contribution in [3.63, 3.8) is 0 Å². The lowest BCUT2D eigenvalue weighted by Gasteiger charge is -2.32. The molecule has 0 aromatic carbocycles. The van der Waals surface area contributed by atoms with Gasteiger partial charge in [0.25, 0.3) is 0 Å². The van der Waals surface area contributed by atoms with E-state index in [1.54, 1.807) is 25.7 Å². The number of ether oxygens (including phenoxy) is 1. The summed E-state index contributed by atoms with van der Waals surface area (Å²) in [6.45, 7) is 6.62. The van der Waals surface area contributed by atoms with Crippen LogP contribution in [0.25, 0.3) is 0 Å². The Labute approximate surface area is 129 Å². The van der Waals surface area contributed by atoms with Crippen LogP contribution < -0.4 is 0 Å². The summed E-state index contributed by atoms with van der Waals surface area (Å²) in [5.41, 5.74) is -0.641. The van der Waals surface area contributed by atoms with Gasteiger partial charge in [-0.3, -0.25) is 14.5 Å². The molecule has 0 aromatic heterocycles. The number of rotatable bonds is 1. The molecule has 2 aliphatic rings. The first-order valence-corrected chi connectivity index (χ1v) is 8.31. The van der Waals surface area contributed by atoms with Gasteiger partial charge in [-0.2, -0.15) is 11.8 Å². The third-order valence-electron chi connectivity index (χ3n) is 3.38.